The maximum Gasteiger partial charge on any atom is 0.162 e. The van der Waals surface area contributed by atoms with Gasteiger partial charge in [0.05, 0.1) is 6.61 Å². The molecule has 82 valence electrons. The van der Waals surface area contributed by atoms with Crippen LogP contribution in [0.25, 0.3) is 0 Å². The Hall–Kier alpha value is -1.19. The Kier molecular flexibility index (Phi) is 5.01. The first-order chi connectivity index (χ1) is 7.27. The summed E-state index contributed by atoms with van der Waals surface area (Å²) in [6, 6.07) is 7.07. The molecule has 0 saturated carbocycles. The average Bonchev–Trinajstić information content (AvgIpc) is 2.29. The number of nitrogens with two attached hydrogens (primary N) is 1. The standard InChI is InChI=1S/C12H17NO2/c13-8-2-1-3-12(15)11-6-4-10(9-14)5-7-11/h4-7,14H,1-3,8-9,13H2. The fourth-order valence-electron chi connectivity index (χ4n) is 1.37. The zero-order valence-corrected chi connectivity index (χ0v) is 8.78. The lowest BCUT2D eigenvalue weighted by molar-refractivity contribution is 0.0979. The summed E-state index contributed by atoms with van der Waals surface area (Å²) < 4.78 is 0. The van der Waals surface area contributed by atoms with Crippen LogP contribution in [0.4, 0.5) is 0 Å². The Labute approximate surface area is 89.9 Å². The number of aliphatic hydroxyl groups excluding tert-OH is 1. The van der Waals surface area contributed by atoms with Crippen LogP contribution in [0.5, 0.6) is 0 Å². The van der Waals surface area contributed by atoms with Crippen LogP contribution in [0, 0.1) is 0 Å². The van der Waals surface area contributed by atoms with Gasteiger partial charge in [0.25, 0.3) is 0 Å². The van der Waals surface area contributed by atoms with E-state index in [-0.39, 0.29) is 12.4 Å². The van der Waals surface area contributed by atoms with Gasteiger partial charge in [-0.1, -0.05) is 24.3 Å². The quantitative estimate of drug-likeness (QED) is 0.548. The van der Waals surface area contributed by atoms with Gasteiger partial charge in [-0.2, -0.15) is 0 Å². The Morgan fingerprint density at radius 3 is 2.40 bits per heavy atom. The van der Waals surface area contributed by atoms with Crippen LogP contribution in [0.2, 0.25) is 0 Å². The van der Waals surface area contributed by atoms with Crippen molar-refractivity contribution in [2.24, 2.45) is 5.73 Å². The molecule has 15 heavy (non-hydrogen) atoms. The number of rotatable bonds is 6. The van der Waals surface area contributed by atoms with E-state index in [1.165, 1.54) is 0 Å². The third kappa shape index (κ3) is 3.81. The fraction of sp³-hybridized carbons (Fsp3) is 0.417. The Balaban J connectivity index is 2.50. The van der Waals surface area contributed by atoms with E-state index in [0.717, 1.165) is 18.4 Å². The Morgan fingerprint density at radius 2 is 1.87 bits per heavy atom. The van der Waals surface area contributed by atoms with E-state index in [2.05, 4.69) is 0 Å². The van der Waals surface area contributed by atoms with Crippen LogP contribution in [-0.2, 0) is 6.61 Å². The first-order valence-electron chi connectivity index (χ1n) is 5.21. The van der Waals surface area contributed by atoms with Gasteiger partial charge < -0.3 is 10.8 Å². The predicted octanol–water partition coefficient (Wildman–Crippen LogP) is 1.49. The van der Waals surface area contributed by atoms with Crippen LogP contribution in [0.15, 0.2) is 24.3 Å². The molecule has 0 saturated heterocycles. The number of hydrogen-bond acceptors (Lipinski definition) is 3. The number of hydrogen-bond donors (Lipinski definition) is 2. The summed E-state index contributed by atoms with van der Waals surface area (Å²) in [6.45, 7) is 0.651. The number of benzene rings is 1. The van der Waals surface area contributed by atoms with Gasteiger partial charge in [0, 0.05) is 12.0 Å². The molecule has 0 atom stereocenters. The van der Waals surface area contributed by atoms with Crippen molar-refractivity contribution in [2.75, 3.05) is 6.54 Å². The molecule has 0 amide bonds. The van der Waals surface area contributed by atoms with Crippen LogP contribution in [0.1, 0.15) is 35.2 Å². The largest absolute Gasteiger partial charge is 0.392 e. The van der Waals surface area contributed by atoms with E-state index >= 15 is 0 Å². The van der Waals surface area contributed by atoms with Gasteiger partial charge in [-0.25, -0.2) is 0 Å². The zero-order chi connectivity index (χ0) is 11.1. The summed E-state index contributed by atoms with van der Waals surface area (Å²) in [5.74, 6) is 0.146. The van der Waals surface area contributed by atoms with Gasteiger partial charge >= 0.3 is 0 Å². The lowest BCUT2D eigenvalue weighted by Crippen LogP contribution is -2.02. The molecule has 0 unspecified atom stereocenters. The van der Waals surface area contributed by atoms with Gasteiger partial charge in [0.2, 0.25) is 0 Å². The number of aliphatic hydroxyl groups is 1. The molecule has 0 spiro atoms. The molecule has 0 heterocycles. The van der Waals surface area contributed by atoms with E-state index in [4.69, 9.17) is 10.8 Å². The zero-order valence-electron chi connectivity index (χ0n) is 8.78. The molecule has 1 rings (SSSR count). The molecule has 3 nitrogen and oxygen atoms in total. The lowest BCUT2D eigenvalue weighted by Gasteiger charge is -2.01. The topological polar surface area (TPSA) is 63.3 Å². The van der Waals surface area contributed by atoms with Crippen LogP contribution >= 0.6 is 0 Å². The van der Waals surface area contributed by atoms with Gasteiger partial charge in [-0.3, -0.25) is 4.79 Å². The molecule has 0 aliphatic heterocycles. The molecule has 0 aliphatic carbocycles. The third-order valence-corrected chi connectivity index (χ3v) is 2.32. The molecular formula is C12H17NO2. The van der Waals surface area contributed by atoms with E-state index < -0.39 is 0 Å². The Morgan fingerprint density at radius 1 is 1.20 bits per heavy atom. The number of Topliss-reactive ketones (excluding diaryl/α,β-unsaturated/α-hetero) is 1. The minimum Gasteiger partial charge on any atom is -0.392 e. The van der Waals surface area contributed by atoms with E-state index in [1.54, 1.807) is 24.3 Å². The molecular weight excluding hydrogens is 190 g/mol. The smallest absolute Gasteiger partial charge is 0.162 e. The van der Waals surface area contributed by atoms with E-state index in [1.807, 2.05) is 0 Å². The third-order valence-electron chi connectivity index (χ3n) is 2.32. The SMILES string of the molecule is NCCCCC(=O)c1ccc(CO)cc1. The minimum atomic E-state index is 0.0155. The summed E-state index contributed by atoms with van der Waals surface area (Å²) in [6.07, 6.45) is 2.28. The minimum absolute atomic E-state index is 0.0155. The summed E-state index contributed by atoms with van der Waals surface area (Å²) in [7, 11) is 0. The van der Waals surface area contributed by atoms with Crippen molar-refractivity contribution in [1.29, 1.82) is 0 Å². The molecule has 0 aromatic heterocycles. The molecule has 1 aromatic carbocycles. The van der Waals surface area contributed by atoms with Crippen molar-refractivity contribution in [3.8, 4) is 0 Å². The maximum absolute atomic E-state index is 11.6. The fourth-order valence-corrected chi connectivity index (χ4v) is 1.37. The molecule has 0 fully saturated rings. The highest BCUT2D eigenvalue weighted by Gasteiger charge is 2.04. The number of carbonyl (C=O) groups is 1. The first-order valence-corrected chi connectivity index (χ1v) is 5.21. The van der Waals surface area contributed by atoms with Crippen LogP contribution in [0.3, 0.4) is 0 Å². The van der Waals surface area contributed by atoms with E-state index in [9.17, 15) is 4.79 Å². The maximum atomic E-state index is 11.6. The molecule has 0 bridgehead atoms. The monoisotopic (exact) mass is 207 g/mol. The van der Waals surface area contributed by atoms with Crippen molar-refractivity contribution in [3.05, 3.63) is 35.4 Å². The van der Waals surface area contributed by atoms with Crippen molar-refractivity contribution >= 4 is 5.78 Å². The summed E-state index contributed by atoms with van der Waals surface area (Å²) >= 11 is 0. The second-order valence-corrected chi connectivity index (χ2v) is 3.52. The van der Waals surface area contributed by atoms with Crippen molar-refractivity contribution < 1.29 is 9.90 Å². The number of ketones is 1. The molecule has 3 N–H and O–H groups in total. The van der Waals surface area contributed by atoms with Gasteiger partial charge in [-0.15, -0.1) is 0 Å². The van der Waals surface area contributed by atoms with Crippen molar-refractivity contribution in [3.63, 3.8) is 0 Å². The Bertz CT molecular complexity index is 306. The number of carbonyl (C=O) groups excluding carboxylic acids is 1. The van der Waals surface area contributed by atoms with Crippen molar-refractivity contribution in [1.82, 2.24) is 0 Å². The van der Waals surface area contributed by atoms with Crippen molar-refractivity contribution in [2.45, 2.75) is 25.9 Å². The predicted molar refractivity (Wildman–Crippen MR) is 59.6 cm³/mol. The van der Waals surface area contributed by atoms with Gasteiger partial charge in [-0.05, 0) is 24.9 Å². The van der Waals surface area contributed by atoms with Crippen LogP contribution < -0.4 is 5.73 Å². The lowest BCUT2D eigenvalue weighted by atomic mass is 10.0. The van der Waals surface area contributed by atoms with E-state index in [0.29, 0.717) is 18.5 Å². The average molecular weight is 207 g/mol. The second-order valence-electron chi connectivity index (χ2n) is 3.52. The molecule has 1 aromatic rings. The number of unbranched alkanes of at least 4 members (excludes halogenated alkanes) is 1. The second kappa shape index (κ2) is 6.32. The van der Waals surface area contributed by atoms with Crippen LogP contribution in [-0.4, -0.2) is 17.4 Å². The highest BCUT2D eigenvalue weighted by atomic mass is 16.3. The van der Waals surface area contributed by atoms with Gasteiger partial charge in [0.15, 0.2) is 5.78 Å². The molecule has 0 radical (unpaired) electrons. The highest BCUT2D eigenvalue weighted by molar-refractivity contribution is 5.96. The first kappa shape index (κ1) is 11.9. The summed E-state index contributed by atoms with van der Waals surface area (Å²) in [5, 5.41) is 8.84. The normalized spacial score (nSPS) is 10.3. The highest BCUT2D eigenvalue weighted by Crippen LogP contribution is 2.08. The summed E-state index contributed by atoms with van der Waals surface area (Å²) in [5.41, 5.74) is 6.89. The summed E-state index contributed by atoms with van der Waals surface area (Å²) in [4.78, 5) is 11.6. The molecule has 0 aliphatic rings. The molecule has 3 heteroatoms. The van der Waals surface area contributed by atoms with Gasteiger partial charge in [0.1, 0.15) is 0 Å².